The summed E-state index contributed by atoms with van der Waals surface area (Å²) in [7, 11) is -2.01. The lowest BCUT2D eigenvalue weighted by Gasteiger charge is -2.31. The number of hydrogen-bond acceptors (Lipinski definition) is 5. The Morgan fingerprint density at radius 1 is 1.21 bits per heavy atom. The minimum Gasteiger partial charge on any atom is -0.490 e. The molecule has 156 valence electrons. The van der Waals surface area contributed by atoms with E-state index in [-0.39, 0.29) is 11.0 Å². The summed E-state index contributed by atoms with van der Waals surface area (Å²) in [6, 6.07) is 6.42. The highest BCUT2D eigenvalue weighted by Gasteiger charge is 2.38. The van der Waals surface area contributed by atoms with E-state index in [0.717, 1.165) is 6.07 Å². The molecule has 1 saturated heterocycles. The van der Waals surface area contributed by atoms with Gasteiger partial charge in [-0.25, -0.2) is 14.0 Å². The minimum absolute atomic E-state index is 0.132. The van der Waals surface area contributed by atoms with E-state index in [9.17, 15) is 22.2 Å². The molecule has 1 atom stereocenters. The highest BCUT2D eigenvalue weighted by molar-refractivity contribution is 7.82. The Morgan fingerprint density at radius 3 is 2.45 bits per heavy atom. The van der Waals surface area contributed by atoms with E-state index in [1.54, 1.807) is 24.5 Å². The predicted octanol–water partition coefficient (Wildman–Crippen LogP) is 2.79. The quantitative estimate of drug-likeness (QED) is 0.563. The maximum absolute atomic E-state index is 13.3. The van der Waals surface area contributed by atoms with Gasteiger partial charge in [0.25, 0.3) is 5.91 Å². The molecule has 11 heteroatoms. The number of aromatic nitrogens is 1. The molecule has 1 aromatic heterocycles. The molecule has 1 aliphatic rings. The van der Waals surface area contributed by atoms with Gasteiger partial charge in [-0.2, -0.15) is 13.2 Å². The van der Waals surface area contributed by atoms with Crippen molar-refractivity contribution in [3.8, 4) is 5.75 Å². The number of nitrogens with zero attached hydrogens (tertiary/aromatic N) is 2. The summed E-state index contributed by atoms with van der Waals surface area (Å²) in [6.07, 6.45) is -0.759. The van der Waals surface area contributed by atoms with E-state index in [0.29, 0.717) is 37.7 Å². The van der Waals surface area contributed by atoms with Crippen LogP contribution in [0.2, 0.25) is 0 Å². The van der Waals surface area contributed by atoms with Crippen molar-refractivity contribution in [2.24, 2.45) is 0 Å². The first-order chi connectivity index (χ1) is 13.8. The number of amides is 1. The van der Waals surface area contributed by atoms with Gasteiger partial charge in [-0.3, -0.25) is 15.0 Å². The third-order valence-corrected chi connectivity index (χ3v) is 5.99. The summed E-state index contributed by atoms with van der Waals surface area (Å²) in [4.78, 5) is 15.5. The van der Waals surface area contributed by atoms with Gasteiger partial charge in [-0.15, -0.1) is 0 Å². The van der Waals surface area contributed by atoms with Gasteiger partial charge in [-0.05, 0) is 37.1 Å². The molecule has 2 heterocycles. The average Bonchev–Trinajstić information content (AvgIpc) is 2.73. The van der Waals surface area contributed by atoms with Crippen molar-refractivity contribution in [1.29, 1.82) is 0 Å². The van der Waals surface area contributed by atoms with Gasteiger partial charge < -0.3 is 4.74 Å². The highest BCUT2D eigenvalue weighted by Crippen LogP contribution is 2.35. The Labute approximate surface area is 167 Å². The number of halogens is 3. The topological polar surface area (TPSA) is 91.8 Å². The van der Waals surface area contributed by atoms with Gasteiger partial charge in [-0.1, -0.05) is 6.07 Å². The number of rotatable bonds is 5. The van der Waals surface area contributed by atoms with Crippen LogP contribution < -0.4 is 10.2 Å². The van der Waals surface area contributed by atoms with Crippen LogP contribution in [-0.4, -0.2) is 43.8 Å². The maximum Gasteiger partial charge on any atom is 0.417 e. The smallest absolute Gasteiger partial charge is 0.417 e. The van der Waals surface area contributed by atoms with Gasteiger partial charge >= 0.3 is 6.18 Å². The number of carbonyl (C=O) groups excluding carboxylic acids is 1. The maximum atomic E-state index is 13.3. The second-order valence-electron chi connectivity index (χ2n) is 6.30. The fraction of sp³-hybridized carbons (Fsp3) is 0.333. The summed E-state index contributed by atoms with van der Waals surface area (Å²) >= 11 is 0. The van der Waals surface area contributed by atoms with Crippen LogP contribution in [-0.2, 0) is 17.2 Å². The third kappa shape index (κ3) is 4.92. The van der Waals surface area contributed by atoms with E-state index in [4.69, 9.17) is 9.94 Å². The molecule has 0 bridgehead atoms. The molecule has 1 unspecified atom stereocenters. The summed E-state index contributed by atoms with van der Waals surface area (Å²) in [5.41, 5.74) is -0.900. The predicted molar refractivity (Wildman–Crippen MR) is 96.6 cm³/mol. The number of benzene rings is 1. The van der Waals surface area contributed by atoms with Crippen LogP contribution >= 0.6 is 0 Å². The van der Waals surface area contributed by atoms with E-state index >= 15 is 0 Å². The zero-order valence-corrected chi connectivity index (χ0v) is 15.9. The monoisotopic (exact) mass is 429 g/mol. The molecule has 1 aromatic carbocycles. The van der Waals surface area contributed by atoms with Crippen LogP contribution in [0, 0.1) is 0 Å². The fourth-order valence-corrected chi connectivity index (χ4v) is 4.46. The molecule has 2 N–H and O–H groups in total. The number of pyridine rings is 1. The Kier molecular flexibility index (Phi) is 6.50. The van der Waals surface area contributed by atoms with Crippen molar-refractivity contribution in [2.45, 2.75) is 30.0 Å². The molecule has 1 aliphatic heterocycles. The van der Waals surface area contributed by atoms with Crippen LogP contribution in [0.1, 0.15) is 28.8 Å². The molecule has 7 nitrogen and oxygen atoms in total. The normalized spacial score (nSPS) is 17.0. The minimum atomic E-state index is -4.84. The largest absolute Gasteiger partial charge is 0.490 e. The molecule has 29 heavy (non-hydrogen) atoms. The van der Waals surface area contributed by atoms with Crippen molar-refractivity contribution in [3.63, 3.8) is 0 Å². The molecular weight excluding hydrogens is 411 g/mol. The first-order valence-electron chi connectivity index (χ1n) is 8.69. The van der Waals surface area contributed by atoms with Crippen molar-refractivity contribution >= 4 is 16.9 Å². The Bertz CT molecular complexity index is 888. The van der Waals surface area contributed by atoms with Gasteiger partial charge in [0, 0.05) is 25.5 Å². The SMILES string of the molecule is O=C(NO)c1c(S(=O)N2CCC(Oc3ccncc3)CC2)cccc1C(F)(F)F. The third-order valence-electron chi connectivity index (χ3n) is 4.44. The fourth-order valence-electron chi connectivity index (χ4n) is 3.07. The number of ether oxygens (including phenoxy) is 1. The van der Waals surface area contributed by atoms with Crippen LogP contribution in [0.3, 0.4) is 0 Å². The lowest BCUT2D eigenvalue weighted by molar-refractivity contribution is -0.138. The van der Waals surface area contributed by atoms with Gasteiger partial charge in [0.15, 0.2) is 0 Å². The zero-order chi connectivity index (χ0) is 21.0. The zero-order valence-electron chi connectivity index (χ0n) is 15.1. The number of nitrogens with one attached hydrogen (secondary N) is 1. The van der Waals surface area contributed by atoms with Crippen molar-refractivity contribution in [2.75, 3.05) is 13.1 Å². The van der Waals surface area contributed by atoms with E-state index in [2.05, 4.69) is 4.98 Å². The molecule has 0 spiro atoms. The Morgan fingerprint density at radius 2 is 1.86 bits per heavy atom. The van der Waals surface area contributed by atoms with Crippen molar-refractivity contribution in [3.05, 3.63) is 53.9 Å². The lowest BCUT2D eigenvalue weighted by atomic mass is 10.1. The number of hydrogen-bond donors (Lipinski definition) is 2. The summed E-state index contributed by atoms with van der Waals surface area (Å²) in [6.45, 7) is 0.609. The molecule has 3 rings (SSSR count). The van der Waals surface area contributed by atoms with Crippen molar-refractivity contribution in [1.82, 2.24) is 14.8 Å². The molecule has 1 amide bonds. The number of piperidine rings is 1. The summed E-state index contributed by atoms with van der Waals surface area (Å²) in [5.74, 6) is -0.712. The molecular formula is C18H18F3N3O4S. The molecule has 0 radical (unpaired) electrons. The van der Waals surface area contributed by atoms with E-state index < -0.39 is 34.2 Å². The van der Waals surface area contributed by atoms with Gasteiger partial charge in [0.2, 0.25) is 0 Å². The number of hydroxylamine groups is 1. The van der Waals surface area contributed by atoms with E-state index in [1.165, 1.54) is 15.9 Å². The molecule has 0 aliphatic carbocycles. The second kappa shape index (κ2) is 8.89. The van der Waals surface area contributed by atoms with Crippen LogP contribution in [0.5, 0.6) is 5.75 Å². The summed E-state index contributed by atoms with van der Waals surface area (Å²) in [5, 5.41) is 8.87. The Balaban J connectivity index is 1.77. The second-order valence-corrected chi connectivity index (χ2v) is 7.75. The molecule has 1 fully saturated rings. The summed E-state index contributed by atoms with van der Waals surface area (Å²) < 4.78 is 60.1. The average molecular weight is 429 g/mol. The van der Waals surface area contributed by atoms with Gasteiger partial charge in [0.1, 0.15) is 22.8 Å². The Hall–Kier alpha value is -2.50. The standard InChI is InChI=1S/C18H18F3N3O4S/c19-18(20,21)14-2-1-3-15(16(14)17(25)23-26)29(27)24-10-6-13(7-11-24)28-12-4-8-22-9-5-12/h1-5,8-9,13,26H,6-7,10-11H2,(H,23,25). The highest BCUT2D eigenvalue weighted by atomic mass is 32.2. The van der Waals surface area contributed by atoms with Crippen LogP contribution in [0.4, 0.5) is 13.2 Å². The molecule has 0 saturated carbocycles. The van der Waals surface area contributed by atoms with Crippen LogP contribution in [0.25, 0.3) is 0 Å². The number of alkyl halides is 3. The lowest BCUT2D eigenvalue weighted by Crippen LogP contribution is -2.40. The number of carbonyl (C=O) groups is 1. The van der Waals surface area contributed by atoms with E-state index in [1.807, 2.05) is 0 Å². The van der Waals surface area contributed by atoms with Crippen molar-refractivity contribution < 1.29 is 32.1 Å². The molecule has 2 aromatic rings. The first kappa shape index (κ1) is 21.2. The first-order valence-corrected chi connectivity index (χ1v) is 9.80. The van der Waals surface area contributed by atoms with Crippen LogP contribution in [0.15, 0.2) is 47.6 Å². The van der Waals surface area contributed by atoms with Gasteiger partial charge in [0.05, 0.1) is 16.0 Å².